The highest BCUT2D eigenvalue weighted by Crippen LogP contribution is 2.47. The molecule has 1 aliphatic heterocycles. The molecule has 2 atom stereocenters. The van der Waals surface area contributed by atoms with Crippen LogP contribution in [0.5, 0.6) is 0 Å². The molecule has 1 aliphatic carbocycles. The van der Waals surface area contributed by atoms with Gasteiger partial charge in [0.2, 0.25) is 0 Å². The van der Waals surface area contributed by atoms with Gasteiger partial charge in [-0.2, -0.15) is 0 Å². The van der Waals surface area contributed by atoms with Crippen LogP contribution in [0.1, 0.15) is 26.7 Å². The molecular weight excluding hydrogens is 116 g/mol. The third-order valence-corrected chi connectivity index (χ3v) is 2.64. The van der Waals surface area contributed by atoms with Crippen molar-refractivity contribution in [2.24, 2.45) is 5.41 Å². The molecule has 0 aromatic rings. The molecule has 0 aromatic carbocycles. The summed E-state index contributed by atoms with van der Waals surface area (Å²) in [4.78, 5) is 10.1. The van der Waals surface area contributed by atoms with Crippen molar-refractivity contribution in [3.63, 3.8) is 0 Å². The normalized spacial score (nSPS) is 46.0. The Kier molecular flexibility index (Phi) is 0.945. The zero-order chi connectivity index (χ0) is 6.48. The zero-order valence-corrected chi connectivity index (χ0v) is 5.89. The Morgan fingerprint density at radius 1 is 1.11 bits per heavy atom. The molecule has 52 valence electrons. The number of hydrogen-bond acceptors (Lipinski definition) is 2. The van der Waals surface area contributed by atoms with Gasteiger partial charge in [-0.25, -0.2) is 9.78 Å². The van der Waals surface area contributed by atoms with Gasteiger partial charge < -0.3 is 0 Å². The molecule has 9 heavy (non-hydrogen) atoms. The van der Waals surface area contributed by atoms with Crippen molar-refractivity contribution in [1.29, 1.82) is 0 Å². The molecule has 2 aliphatic rings. The molecule has 1 heterocycles. The number of hydrogen-bond donors (Lipinski definition) is 0. The first-order valence-electron chi connectivity index (χ1n) is 3.53. The van der Waals surface area contributed by atoms with Gasteiger partial charge in [0, 0.05) is 5.41 Å². The van der Waals surface area contributed by atoms with Crippen molar-refractivity contribution in [3.8, 4) is 0 Å². The maximum absolute atomic E-state index is 5.07. The summed E-state index contributed by atoms with van der Waals surface area (Å²) in [7, 11) is 0. The molecule has 1 saturated carbocycles. The lowest BCUT2D eigenvalue weighted by molar-refractivity contribution is -0.315. The summed E-state index contributed by atoms with van der Waals surface area (Å²) in [6, 6.07) is 0. The van der Waals surface area contributed by atoms with Crippen LogP contribution in [-0.4, -0.2) is 12.2 Å². The Hall–Kier alpha value is -0.0800. The van der Waals surface area contributed by atoms with Crippen LogP contribution in [0.4, 0.5) is 0 Å². The summed E-state index contributed by atoms with van der Waals surface area (Å²) in [6.45, 7) is 4.42. The van der Waals surface area contributed by atoms with Gasteiger partial charge in [-0.05, 0) is 12.8 Å². The average Bonchev–Trinajstić information content (AvgIpc) is 2.24. The van der Waals surface area contributed by atoms with Crippen molar-refractivity contribution in [2.45, 2.75) is 38.9 Å². The van der Waals surface area contributed by atoms with Crippen LogP contribution in [0.3, 0.4) is 0 Å². The molecule has 2 rings (SSSR count). The third kappa shape index (κ3) is 0.578. The minimum atomic E-state index is 0.278. The van der Waals surface area contributed by atoms with Crippen LogP contribution < -0.4 is 0 Å². The van der Waals surface area contributed by atoms with Crippen molar-refractivity contribution in [3.05, 3.63) is 0 Å². The van der Waals surface area contributed by atoms with E-state index in [0.29, 0.717) is 12.2 Å². The van der Waals surface area contributed by atoms with Crippen molar-refractivity contribution >= 4 is 0 Å². The second-order valence-corrected chi connectivity index (χ2v) is 3.57. The molecule has 0 radical (unpaired) electrons. The van der Waals surface area contributed by atoms with E-state index >= 15 is 0 Å². The monoisotopic (exact) mass is 128 g/mol. The highest BCUT2D eigenvalue weighted by molar-refractivity contribution is 4.95. The summed E-state index contributed by atoms with van der Waals surface area (Å²) in [5.74, 6) is 0. The molecule has 2 bridgehead atoms. The van der Waals surface area contributed by atoms with Crippen LogP contribution in [-0.2, 0) is 9.78 Å². The second kappa shape index (κ2) is 1.50. The lowest BCUT2D eigenvalue weighted by atomic mass is 9.88. The molecule has 0 amide bonds. The van der Waals surface area contributed by atoms with Gasteiger partial charge in [-0.3, -0.25) is 0 Å². The largest absolute Gasteiger partial charge is 0.232 e. The topological polar surface area (TPSA) is 18.5 Å². The van der Waals surface area contributed by atoms with Crippen molar-refractivity contribution < 1.29 is 9.78 Å². The zero-order valence-electron chi connectivity index (χ0n) is 5.89. The number of rotatable bonds is 0. The van der Waals surface area contributed by atoms with Gasteiger partial charge in [-0.1, -0.05) is 13.8 Å². The minimum absolute atomic E-state index is 0.278. The van der Waals surface area contributed by atoms with Crippen LogP contribution in [0.2, 0.25) is 0 Å². The highest BCUT2D eigenvalue weighted by Gasteiger charge is 2.51. The van der Waals surface area contributed by atoms with Gasteiger partial charge >= 0.3 is 0 Å². The first-order chi connectivity index (χ1) is 4.21. The molecule has 0 spiro atoms. The quantitative estimate of drug-likeness (QED) is 0.460. The Labute approximate surface area is 55.1 Å². The Balaban J connectivity index is 2.26. The molecule has 0 aromatic heterocycles. The van der Waals surface area contributed by atoms with Crippen molar-refractivity contribution in [1.82, 2.24) is 0 Å². The van der Waals surface area contributed by atoms with E-state index in [9.17, 15) is 0 Å². The highest BCUT2D eigenvalue weighted by atomic mass is 17.2. The lowest BCUT2D eigenvalue weighted by Crippen LogP contribution is -2.24. The van der Waals surface area contributed by atoms with E-state index in [1.165, 1.54) is 12.8 Å². The van der Waals surface area contributed by atoms with Gasteiger partial charge in [0.05, 0.1) is 0 Å². The van der Waals surface area contributed by atoms with E-state index in [2.05, 4.69) is 13.8 Å². The Morgan fingerprint density at radius 2 is 1.56 bits per heavy atom. The standard InChI is InChI=1S/C7H12O2/c1-7(2)5-3-4-6(7)9-8-5/h5-6H,3-4H2,1-2H3. The van der Waals surface area contributed by atoms with Crippen LogP contribution in [0.15, 0.2) is 0 Å². The average molecular weight is 128 g/mol. The maximum Gasteiger partial charge on any atom is 0.101 e. The smallest absolute Gasteiger partial charge is 0.101 e. The first kappa shape index (κ1) is 5.69. The van der Waals surface area contributed by atoms with Gasteiger partial charge in [-0.15, -0.1) is 0 Å². The fourth-order valence-electron chi connectivity index (χ4n) is 1.73. The van der Waals surface area contributed by atoms with Gasteiger partial charge in [0.15, 0.2) is 0 Å². The predicted octanol–water partition coefficient (Wildman–Crippen LogP) is 1.51. The molecule has 0 N–H and O–H groups in total. The number of fused-ring (bicyclic) bond motifs is 2. The summed E-state index contributed by atoms with van der Waals surface area (Å²) >= 11 is 0. The van der Waals surface area contributed by atoms with Crippen LogP contribution >= 0.6 is 0 Å². The van der Waals surface area contributed by atoms with E-state index in [1.54, 1.807) is 0 Å². The summed E-state index contributed by atoms with van der Waals surface area (Å²) in [6.07, 6.45) is 3.08. The summed E-state index contributed by atoms with van der Waals surface area (Å²) in [5.41, 5.74) is 0.278. The van der Waals surface area contributed by atoms with Gasteiger partial charge in [0.1, 0.15) is 12.2 Å². The molecule has 1 saturated heterocycles. The third-order valence-electron chi connectivity index (χ3n) is 2.64. The molecule has 2 heteroatoms. The lowest BCUT2D eigenvalue weighted by Gasteiger charge is -2.17. The summed E-state index contributed by atoms with van der Waals surface area (Å²) < 4.78 is 0. The van der Waals surface area contributed by atoms with Crippen LogP contribution in [0, 0.1) is 5.41 Å². The summed E-state index contributed by atoms with van der Waals surface area (Å²) in [5, 5.41) is 0. The van der Waals surface area contributed by atoms with E-state index in [0.717, 1.165) is 0 Å². The fraction of sp³-hybridized carbons (Fsp3) is 1.00. The fourth-order valence-corrected chi connectivity index (χ4v) is 1.73. The molecule has 2 fully saturated rings. The first-order valence-corrected chi connectivity index (χ1v) is 3.53. The Bertz CT molecular complexity index is 109. The van der Waals surface area contributed by atoms with Crippen molar-refractivity contribution in [2.75, 3.05) is 0 Å². The SMILES string of the molecule is CC1(C)C2CCC1OO2. The predicted molar refractivity (Wildman–Crippen MR) is 32.8 cm³/mol. The van der Waals surface area contributed by atoms with Crippen LogP contribution in [0.25, 0.3) is 0 Å². The van der Waals surface area contributed by atoms with E-state index in [4.69, 9.17) is 9.78 Å². The molecular formula is C7H12O2. The van der Waals surface area contributed by atoms with E-state index < -0.39 is 0 Å². The second-order valence-electron chi connectivity index (χ2n) is 3.57. The maximum atomic E-state index is 5.07. The molecule has 2 unspecified atom stereocenters. The van der Waals surface area contributed by atoms with E-state index in [-0.39, 0.29) is 5.41 Å². The minimum Gasteiger partial charge on any atom is -0.232 e. The Morgan fingerprint density at radius 3 is 1.67 bits per heavy atom. The van der Waals surface area contributed by atoms with E-state index in [1.807, 2.05) is 0 Å². The molecule has 2 nitrogen and oxygen atoms in total. The van der Waals surface area contributed by atoms with Gasteiger partial charge in [0.25, 0.3) is 0 Å².